The zero-order valence-corrected chi connectivity index (χ0v) is 14.8. The maximum atomic E-state index is 12.5. The first-order valence-electron chi connectivity index (χ1n) is 8.88. The van der Waals surface area contributed by atoms with Gasteiger partial charge in [-0.05, 0) is 48.7 Å². The average Bonchev–Trinajstić information content (AvgIpc) is 3.08. The second-order valence-corrected chi connectivity index (χ2v) is 6.78. The lowest BCUT2D eigenvalue weighted by Crippen LogP contribution is -2.24. The Labute approximate surface area is 153 Å². The fraction of sp³-hybridized carbons (Fsp3) is 0.238. The van der Waals surface area contributed by atoms with Crippen LogP contribution in [0.1, 0.15) is 32.6 Å². The minimum Gasteiger partial charge on any atom is -0.331 e. The number of nitrogens with one attached hydrogen (secondary N) is 2. The van der Waals surface area contributed by atoms with E-state index in [-0.39, 0.29) is 5.91 Å². The predicted molar refractivity (Wildman–Crippen MR) is 102 cm³/mol. The fourth-order valence-corrected chi connectivity index (χ4v) is 3.34. The molecule has 0 radical (unpaired) electrons. The van der Waals surface area contributed by atoms with Crippen molar-refractivity contribution in [3.05, 3.63) is 82.8 Å². The molecule has 26 heavy (non-hydrogen) atoms. The van der Waals surface area contributed by atoms with Crippen LogP contribution < -0.4 is 10.6 Å². The van der Waals surface area contributed by atoms with Gasteiger partial charge < -0.3 is 15.2 Å². The van der Waals surface area contributed by atoms with Gasteiger partial charge in [-0.25, -0.2) is 4.98 Å². The minimum atomic E-state index is -0.118. The highest BCUT2D eigenvalue weighted by Gasteiger charge is 2.13. The molecule has 0 bridgehead atoms. The van der Waals surface area contributed by atoms with Gasteiger partial charge in [0.15, 0.2) is 5.82 Å². The maximum Gasteiger partial charge on any atom is 0.256 e. The third kappa shape index (κ3) is 3.68. The molecule has 1 amide bonds. The number of carbonyl (C=O) groups is 1. The van der Waals surface area contributed by atoms with Crippen molar-refractivity contribution in [2.24, 2.45) is 0 Å². The standard InChI is InChI=1S/C21H22N4O/c1-15-3-2-4-16(9-15)12-25-13-20(23-14-25)24-21(26)18-5-6-19-11-22-8-7-17(19)10-18/h2-6,9-10,13-14,22H,7-8,11-12H2,1H3,(H,24,26). The lowest BCUT2D eigenvalue weighted by molar-refractivity contribution is 0.102. The zero-order valence-electron chi connectivity index (χ0n) is 14.8. The van der Waals surface area contributed by atoms with Crippen molar-refractivity contribution >= 4 is 11.7 Å². The van der Waals surface area contributed by atoms with Gasteiger partial charge in [-0.2, -0.15) is 0 Å². The molecule has 5 nitrogen and oxygen atoms in total. The number of rotatable bonds is 4. The number of nitrogens with zero attached hydrogens (tertiary/aromatic N) is 2. The third-order valence-electron chi connectivity index (χ3n) is 4.68. The van der Waals surface area contributed by atoms with E-state index in [9.17, 15) is 4.79 Å². The second kappa shape index (κ2) is 7.14. The monoisotopic (exact) mass is 346 g/mol. The zero-order chi connectivity index (χ0) is 17.9. The normalized spacial score (nSPS) is 13.3. The van der Waals surface area contributed by atoms with E-state index in [1.165, 1.54) is 22.3 Å². The molecule has 132 valence electrons. The highest BCUT2D eigenvalue weighted by Crippen LogP contribution is 2.17. The number of imidazole rings is 1. The summed E-state index contributed by atoms with van der Waals surface area (Å²) < 4.78 is 1.98. The van der Waals surface area contributed by atoms with E-state index in [4.69, 9.17) is 0 Å². The van der Waals surface area contributed by atoms with E-state index in [2.05, 4.69) is 46.8 Å². The molecule has 2 N–H and O–H groups in total. The van der Waals surface area contributed by atoms with E-state index < -0.39 is 0 Å². The van der Waals surface area contributed by atoms with Crippen LogP contribution in [0.15, 0.2) is 55.0 Å². The highest BCUT2D eigenvalue weighted by molar-refractivity contribution is 6.03. The molecule has 2 heterocycles. The summed E-state index contributed by atoms with van der Waals surface area (Å²) in [6.07, 6.45) is 4.57. The number of anilines is 1. The van der Waals surface area contributed by atoms with Gasteiger partial charge in [-0.15, -0.1) is 0 Å². The van der Waals surface area contributed by atoms with Gasteiger partial charge in [0.2, 0.25) is 0 Å². The van der Waals surface area contributed by atoms with Crippen LogP contribution in [0.3, 0.4) is 0 Å². The molecule has 1 aliphatic heterocycles. The van der Waals surface area contributed by atoms with Gasteiger partial charge in [0.1, 0.15) is 0 Å². The summed E-state index contributed by atoms with van der Waals surface area (Å²) in [7, 11) is 0. The molecule has 0 saturated heterocycles. The van der Waals surface area contributed by atoms with Crippen molar-refractivity contribution < 1.29 is 4.79 Å². The number of amides is 1. The SMILES string of the molecule is Cc1cccc(Cn2cnc(NC(=O)c3ccc4c(c3)CCNC4)c2)c1. The number of carbonyl (C=O) groups excluding carboxylic acids is 1. The minimum absolute atomic E-state index is 0.118. The largest absolute Gasteiger partial charge is 0.331 e. The Morgan fingerprint density at radius 3 is 3.04 bits per heavy atom. The topological polar surface area (TPSA) is 59.0 Å². The molecule has 0 spiro atoms. The maximum absolute atomic E-state index is 12.5. The molecule has 0 atom stereocenters. The van der Waals surface area contributed by atoms with Gasteiger partial charge in [-0.3, -0.25) is 4.79 Å². The number of aryl methyl sites for hydroxylation is 1. The van der Waals surface area contributed by atoms with Crippen molar-refractivity contribution in [1.29, 1.82) is 0 Å². The van der Waals surface area contributed by atoms with Crippen LogP contribution in [0, 0.1) is 6.92 Å². The molecule has 0 unspecified atom stereocenters. The quantitative estimate of drug-likeness (QED) is 0.763. The number of fused-ring (bicyclic) bond motifs is 1. The number of hydrogen-bond donors (Lipinski definition) is 2. The summed E-state index contributed by atoms with van der Waals surface area (Å²) in [5.74, 6) is 0.453. The Hall–Kier alpha value is -2.92. The van der Waals surface area contributed by atoms with Gasteiger partial charge >= 0.3 is 0 Å². The van der Waals surface area contributed by atoms with Gasteiger partial charge in [0.25, 0.3) is 5.91 Å². The lowest BCUT2D eigenvalue weighted by atomic mass is 9.98. The molecular weight excluding hydrogens is 324 g/mol. The molecule has 1 aliphatic rings. The van der Waals surface area contributed by atoms with Crippen molar-refractivity contribution in [2.45, 2.75) is 26.4 Å². The Bertz CT molecular complexity index is 945. The van der Waals surface area contributed by atoms with Crippen molar-refractivity contribution in [3.8, 4) is 0 Å². The molecule has 0 saturated carbocycles. The third-order valence-corrected chi connectivity index (χ3v) is 4.68. The van der Waals surface area contributed by atoms with Crippen LogP contribution in [0.5, 0.6) is 0 Å². The smallest absolute Gasteiger partial charge is 0.256 e. The van der Waals surface area contributed by atoms with Gasteiger partial charge in [0, 0.05) is 24.8 Å². The summed E-state index contributed by atoms with van der Waals surface area (Å²) in [4.78, 5) is 16.8. The van der Waals surface area contributed by atoms with E-state index in [0.717, 1.165) is 26.1 Å². The van der Waals surface area contributed by atoms with Gasteiger partial charge in [0.05, 0.1) is 6.33 Å². The highest BCUT2D eigenvalue weighted by atomic mass is 16.1. The fourth-order valence-electron chi connectivity index (χ4n) is 3.34. The molecular formula is C21H22N4O. The van der Waals surface area contributed by atoms with Crippen LogP contribution in [-0.2, 0) is 19.5 Å². The summed E-state index contributed by atoms with van der Waals surface area (Å²) in [5.41, 5.74) is 5.65. The Balaban J connectivity index is 1.44. The molecule has 0 aliphatic carbocycles. The van der Waals surface area contributed by atoms with Crippen LogP contribution in [0.2, 0.25) is 0 Å². The first kappa shape index (κ1) is 16.5. The predicted octanol–water partition coefficient (Wildman–Crippen LogP) is 3.14. The number of hydrogen-bond acceptors (Lipinski definition) is 3. The van der Waals surface area contributed by atoms with Crippen molar-refractivity contribution in [3.63, 3.8) is 0 Å². The number of aromatic nitrogens is 2. The summed E-state index contributed by atoms with van der Waals surface area (Å²) >= 11 is 0. The second-order valence-electron chi connectivity index (χ2n) is 6.78. The molecule has 4 rings (SSSR count). The molecule has 0 fully saturated rings. The summed E-state index contributed by atoms with van der Waals surface area (Å²) in [6, 6.07) is 14.3. The van der Waals surface area contributed by atoms with Crippen LogP contribution >= 0.6 is 0 Å². The van der Waals surface area contributed by atoms with Gasteiger partial charge in [-0.1, -0.05) is 35.9 Å². The van der Waals surface area contributed by atoms with E-state index in [1.807, 2.05) is 29.0 Å². The number of benzene rings is 2. The van der Waals surface area contributed by atoms with E-state index in [0.29, 0.717) is 11.4 Å². The Morgan fingerprint density at radius 2 is 2.15 bits per heavy atom. The molecule has 3 aromatic rings. The molecule has 2 aromatic carbocycles. The Kier molecular flexibility index (Phi) is 4.54. The lowest BCUT2D eigenvalue weighted by Gasteiger charge is -2.17. The summed E-state index contributed by atoms with van der Waals surface area (Å²) in [6.45, 7) is 4.65. The van der Waals surface area contributed by atoms with E-state index >= 15 is 0 Å². The van der Waals surface area contributed by atoms with Crippen LogP contribution in [-0.4, -0.2) is 22.0 Å². The summed E-state index contributed by atoms with van der Waals surface area (Å²) in [5, 5.41) is 6.24. The average molecular weight is 346 g/mol. The van der Waals surface area contributed by atoms with E-state index in [1.54, 1.807) is 6.33 Å². The van der Waals surface area contributed by atoms with Crippen LogP contribution in [0.25, 0.3) is 0 Å². The van der Waals surface area contributed by atoms with Crippen molar-refractivity contribution in [1.82, 2.24) is 14.9 Å². The van der Waals surface area contributed by atoms with Crippen molar-refractivity contribution in [2.75, 3.05) is 11.9 Å². The molecule has 1 aromatic heterocycles. The van der Waals surface area contributed by atoms with Crippen LogP contribution in [0.4, 0.5) is 5.82 Å². The Morgan fingerprint density at radius 1 is 1.23 bits per heavy atom. The first-order chi connectivity index (χ1) is 12.7. The first-order valence-corrected chi connectivity index (χ1v) is 8.88. The molecule has 5 heteroatoms.